The van der Waals surface area contributed by atoms with Gasteiger partial charge in [0, 0.05) is 28.8 Å². The molecular weight excluding hydrogens is 510 g/mol. The Morgan fingerprint density at radius 3 is 2.11 bits per heavy atom. The molecule has 0 bridgehead atoms. The predicted molar refractivity (Wildman–Crippen MR) is 144 cm³/mol. The maximum atomic E-state index is 14.0. The summed E-state index contributed by atoms with van der Waals surface area (Å²) < 4.78 is 26.9. The van der Waals surface area contributed by atoms with E-state index in [9.17, 15) is 18.0 Å². The first-order valence-electron chi connectivity index (χ1n) is 12.0. The molecule has 2 atom stereocenters. The number of hydrogen-bond donors (Lipinski definition) is 4. The average molecular weight is 542 g/mol. The van der Waals surface area contributed by atoms with Crippen molar-refractivity contribution in [3.63, 3.8) is 0 Å². The number of amides is 2. The molecule has 4 rings (SSSR count). The first-order chi connectivity index (χ1) is 17.8. The fraction of sp³-hybridized carbons (Fsp3) is 0.308. The number of nitrogens with zero attached hydrogens (tertiary/aromatic N) is 1. The molecule has 2 aromatic carbocycles. The Bertz CT molecular complexity index is 1280. The van der Waals surface area contributed by atoms with Gasteiger partial charge in [0.15, 0.2) is 0 Å². The van der Waals surface area contributed by atoms with Gasteiger partial charge in [0.1, 0.15) is 12.1 Å². The largest absolute Gasteiger partial charge is 0.349 e. The zero-order chi connectivity index (χ0) is 26.4. The summed E-state index contributed by atoms with van der Waals surface area (Å²) in [4.78, 5) is 30.6. The molecule has 2 heterocycles. The van der Waals surface area contributed by atoms with Crippen molar-refractivity contribution in [3.05, 3.63) is 93.7 Å². The number of likely N-dealkylation sites (tertiary alicyclic amines) is 1. The van der Waals surface area contributed by atoms with Gasteiger partial charge in [-0.15, -0.1) is 11.3 Å². The van der Waals surface area contributed by atoms with E-state index in [0.29, 0.717) is 32.5 Å². The summed E-state index contributed by atoms with van der Waals surface area (Å²) in [6.45, 7) is 1.11. The van der Waals surface area contributed by atoms with Gasteiger partial charge < -0.3 is 16.0 Å². The summed E-state index contributed by atoms with van der Waals surface area (Å²) in [5.41, 5.74) is 7.17. The summed E-state index contributed by atoms with van der Waals surface area (Å²) in [5, 5.41) is 8.31. The van der Waals surface area contributed by atoms with Crippen LogP contribution < -0.4 is 20.9 Å². The summed E-state index contributed by atoms with van der Waals surface area (Å²) in [5.74, 6) is -1.43. The number of benzene rings is 2. The van der Waals surface area contributed by atoms with Gasteiger partial charge >= 0.3 is 0 Å². The zero-order valence-corrected chi connectivity index (χ0v) is 21.9. The lowest BCUT2D eigenvalue weighted by Gasteiger charge is -2.33. The highest BCUT2D eigenvalue weighted by Gasteiger charge is 2.42. The topological polar surface area (TPSA) is 148 Å². The molecule has 1 aromatic heterocycles. The fourth-order valence-corrected chi connectivity index (χ4v) is 6.16. The number of nitrogens with two attached hydrogens (primary N) is 2. The maximum absolute atomic E-state index is 14.0. The van der Waals surface area contributed by atoms with E-state index in [4.69, 9.17) is 10.9 Å². The van der Waals surface area contributed by atoms with Crippen molar-refractivity contribution >= 4 is 33.4 Å². The zero-order valence-electron chi connectivity index (χ0n) is 20.2. The van der Waals surface area contributed by atoms with Crippen LogP contribution in [0.4, 0.5) is 0 Å². The van der Waals surface area contributed by atoms with Crippen molar-refractivity contribution in [3.8, 4) is 0 Å². The van der Waals surface area contributed by atoms with Gasteiger partial charge in [0.2, 0.25) is 11.8 Å². The Morgan fingerprint density at radius 2 is 1.57 bits per heavy atom. The molecule has 1 fully saturated rings. The number of nitrogens with one attached hydrogen (secondary N) is 2. The summed E-state index contributed by atoms with van der Waals surface area (Å²) in [7, 11) is -4.25. The van der Waals surface area contributed by atoms with Gasteiger partial charge in [-0.05, 0) is 36.1 Å². The van der Waals surface area contributed by atoms with Crippen molar-refractivity contribution in [1.29, 1.82) is 0 Å². The molecule has 1 unspecified atom stereocenters. The average Bonchev–Trinajstić information content (AvgIpc) is 3.57. The van der Waals surface area contributed by atoms with Crippen LogP contribution in [0.5, 0.6) is 0 Å². The summed E-state index contributed by atoms with van der Waals surface area (Å²) in [6.07, 6.45) is 1.11. The maximum Gasteiger partial charge on any atom is 0.275 e. The van der Waals surface area contributed by atoms with Crippen molar-refractivity contribution in [2.75, 3.05) is 6.54 Å². The molecular formula is C26H31N5O4S2. The molecule has 196 valence electrons. The molecule has 0 aliphatic carbocycles. The molecule has 0 spiro atoms. The third kappa shape index (κ3) is 6.82. The van der Waals surface area contributed by atoms with Gasteiger partial charge in [0.05, 0.1) is 6.54 Å². The van der Waals surface area contributed by atoms with Gasteiger partial charge in [-0.2, -0.15) is 13.1 Å². The van der Waals surface area contributed by atoms with Crippen molar-refractivity contribution in [1.82, 2.24) is 14.9 Å². The van der Waals surface area contributed by atoms with Crippen LogP contribution in [0.2, 0.25) is 0 Å². The normalized spacial score (nSPS) is 16.6. The number of thiophene rings is 1. The third-order valence-electron chi connectivity index (χ3n) is 6.40. The lowest BCUT2D eigenvalue weighted by molar-refractivity contribution is -0.140. The van der Waals surface area contributed by atoms with E-state index in [-0.39, 0.29) is 5.91 Å². The van der Waals surface area contributed by atoms with Crippen LogP contribution in [0.25, 0.3) is 0 Å². The smallest absolute Gasteiger partial charge is 0.275 e. The highest BCUT2D eigenvalue weighted by Crippen LogP contribution is 2.31. The van der Waals surface area contributed by atoms with Crippen molar-refractivity contribution in [2.24, 2.45) is 10.9 Å². The minimum absolute atomic E-state index is 0.279. The van der Waals surface area contributed by atoms with Crippen LogP contribution in [-0.2, 0) is 32.9 Å². The highest BCUT2D eigenvalue weighted by atomic mass is 32.2. The fourth-order valence-electron chi connectivity index (χ4n) is 4.74. The molecule has 0 saturated carbocycles. The number of rotatable bonds is 10. The Balaban J connectivity index is 1.61. The van der Waals surface area contributed by atoms with Crippen molar-refractivity contribution < 1.29 is 18.0 Å². The van der Waals surface area contributed by atoms with E-state index in [1.165, 1.54) is 16.2 Å². The van der Waals surface area contributed by atoms with E-state index < -0.39 is 34.1 Å². The van der Waals surface area contributed by atoms with Crippen LogP contribution in [0.3, 0.4) is 0 Å². The first kappa shape index (κ1) is 27.0. The van der Waals surface area contributed by atoms with Gasteiger partial charge in [-0.3, -0.25) is 9.59 Å². The molecule has 2 amide bonds. The van der Waals surface area contributed by atoms with Crippen LogP contribution in [0, 0.1) is 0 Å². The van der Waals surface area contributed by atoms with Crippen LogP contribution in [0.15, 0.2) is 72.8 Å². The van der Waals surface area contributed by atoms with Gasteiger partial charge in [-0.25, -0.2) is 5.14 Å². The summed E-state index contributed by atoms with van der Waals surface area (Å²) >= 11 is 1.52. The van der Waals surface area contributed by atoms with Crippen LogP contribution in [-0.4, -0.2) is 43.8 Å². The molecule has 0 radical (unpaired) electrons. The minimum Gasteiger partial charge on any atom is -0.349 e. The van der Waals surface area contributed by atoms with Crippen LogP contribution >= 0.6 is 11.3 Å². The molecule has 9 nitrogen and oxygen atoms in total. The number of carbonyl (C=O) groups excluding carboxylic acids is 2. The van der Waals surface area contributed by atoms with Gasteiger partial charge in [0.25, 0.3) is 10.2 Å². The second-order valence-corrected chi connectivity index (χ2v) is 11.5. The highest BCUT2D eigenvalue weighted by molar-refractivity contribution is 7.87. The Hall–Kier alpha value is -3.09. The molecule has 1 saturated heterocycles. The predicted octanol–water partition coefficient (Wildman–Crippen LogP) is 1.81. The standard InChI is InChI=1S/C26H31N5O4S2/c27-16-20-13-14-21(36-20)17-29-25(32)22-12-7-15-31(22)26(33)24(30-37(28,34)35)23(18-8-3-1-4-9-18)19-10-5-2-6-11-19/h1-6,8-11,13-14,22-24,30H,7,12,15-17,27H2,(H,29,32)(H2,28,34,35)/t22?,24-/m1/s1. The SMILES string of the molecule is NCc1ccc(CNC(=O)C2CCCN2C(=O)[C@H](NS(N)(=O)=O)C(c2ccccc2)c2ccccc2)s1. The monoisotopic (exact) mass is 541 g/mol. The quantitative estimate of drug-likeness (QED) is 0.309. The number of hydrogen-bond acceptors (Lipinski definition) is 6. The summed E-state index contributed by atoms with van der Waals surface area (Å²) in [6, 6.07) is 20.3. The van der Waals surface area contributed by atoms with Crippen LogP contribution in [0.1, 0.15) is 39.6 Å². The lowest BCUT2D eigenvalue weighted by Crippen LogP contribution is -2.56. The number of carbonyl (C=O) groups is 2. The molecule has 37 heavy (non-hydrogen) atoms. The third-order valence-corrected chi connectivity index (χ3v) is 8.09. The van der Waals surface area contributed by atoms with E-state index in [1.807, 2.05) is 72.8 Å². The molecule has 1 aliphatic rings. The second kappa shape index (κ2) is 12.0. The van der Waals surface area contributed by atoms with E-state index in [1.54, 1.807) is 0 Å². The second-order valence-electron chi connectivity index (χ2n) is 8.92. The molecule has 3 aromatic rings. The molecule has 6 N–H and O–H groups in total. The molecule has 1 aliphatic heterocycles. The molecule has 11 heteroatoms. The lowest BCUT2D eigenvalue weighted by atomic mass is 9.84. The van der Waals surface area contributed by atoms with E-state index >= 15 is 0 Å². The minimum atomic E-state index is -4.25. The van der Waals surface area contributed by atoms with E-state index in [0.717, 1.165) is 20.9 Å². The van der Waals surface area contributed by atoms with E-state index in [2.05, 4.69) is 10.0 Å². The Kier molecular flexibility index (Phi) is 8.72. The van der Waals surface area contributed by atoms with Gasteiger partial charge in [-0.1, -0.05) is 60.7 Å². The van der Waals surface area contributed by atoms with Crippen molar-refractivity contribution in [2.45, 2.75) is 43.9 Å². The Morgan fingerprint density at radius 1 is 0.973 bits per heavy atom. The Labute approximate surface area is 221 Å². The first-order valence-corrected chi connectivity index (χ1v) is 14.4.